The smallest absolute Gasteiger partial charge is 1.00 e. The second-order valence-electron chi connectivity index (χ2n) is 8.29. The monoisotopic (exact) mass is 504 g/mol. The molecule has 2 aromatic carbocycles. The third-order valence-electron chi connectivity index (χ3n) is 6.02. The number of fused-ring (bicyclic) bond motifs is 2. The van der Waals surface area contributed by atoms with E-state index in [0.717, 1.165) is 7.25 Å². The molecule has 0 N–H and O–H groups in total. The van der Waals surface area contributed by atoms with Crippen molar-refractivity contribution in [3.63, 3.8) is 0 Å². The average Bonchev–Trinajstić information content (AvgIpc) is 3.06. The van der Waals surface area contributed by atoms with Crippen molar-refractivity contribution in [2.45, 2.75) is 48.0 Å². The van der Waals surface area contributed by atoms with Gasteiger partial charge < -0.3 is 24.8 Å². The SMILES string of the molecule is CC1=C[CH]([Zr+2]([CH]2C=C(C)c3cc(C)ccc32)=[Si](C)C)c2ccc(C)cc21.[Cl-].[Cl-]. The van der Waals surface area contributed by atoms with Crippen LogP contribution in [0.1, 0.15) is 54.5 Å². The Morgan fingerprint density at radius 1 is 0.679 bits per heavy atom. The summed E-state index contributed by atoms with van der Waals surface area (Å²) in [5.74, 6) is 0. The van der Waals surface area contributed by atoms with Crippen LogP contribution < -0.4 is 24.8 Å². The molecule has 0 aromatic heterocycles. The van der Waals surface area contributed by atoms with Crippen molar-refractivity contribution in [1.29, 1.82) is 0 Å². The third-order valence-corrected chi connectivity index (χ3v) is 25.0. The van der Waals surface area contributed by atoms with E-state index in [4.69, 9.17) is 0 Å². The number of hydrogen-bond acceptors (Lipinski definition) is 0. The predicted molar refractivity (Wildman–Crippen MR) is 113 cm³/mol. The Labute approximate surface area is 190 Å². The van der Waals surface area contributed by atoms with Crippen LogP contribution in [0.3, 0.4) is 0 Å². The first-order chi connectivity index (χ1) is 12.4. The predicted octanol–water partition coefficient (Wildman–Crippen LogP) is 0.797. The number of aryl methyl sites for hydroxylation is 2. The number of halogens is 2. The standard InChI is InChI=1S/2C11H11.C2H6Si.2ClH.Zr/c2*1-8-3-5-10-6-4-9(2)11(10)7-8;1-3-2;;;/h2*3-7H,1-2H3;1-2H3;2*1H;/q;;;;;+2/p-2. The molecule has 0 spiro atoms. The van der Waals surface area contributed by atoms with E-state index < -0.39 is 20.4 Å². The van der Waals surface area contributed by atoms with Gasteiger partial charge in [-0.25, -0.2) is 0 Å². The molecule has 0 amide bonds. The second-order valence-corrected chi connectivity index (χ2v) is 26.4. The van der Waals surface area contributed by atoms with E-state index in [0.29, 0.717) is 0 Å². The largest absolute Gasteiger partial charge is 1.00 e. The molecule has 0 saturated carbocycles. The minimum Gasteiger partial charge on any atom is -1.00 e. The fourth-order valence-electron chi connectivity index (χ4n) is 4.75. The molecular weight excluding hydrogens is 478 g/mol. The summed E-state index contributed by atoms with van der Waals surface area (Å²) in [4.78, 5) is 0. The molecule has 2 aliphatic rings. The summed E-state index contributed by atoms with van der Waals surface area (Å²) in [5.41, 5.74) is 11.8. The van der Waals surface area contributed by atoms with E-state index in [2.05, 4.69) is 89.3 Å². The second kappa shape index (κ2) is 9.17. The summed E-state index contributed by atoms with van der Waals surface area (Å²) in [6.07, 6.45) is 5.29. The number of rotatable bonds is 2. The first-order valence-electron chi connectivity index (χ1n) is 9.62. The fourth-order valence-corrected chi connectivity index (χ4v) is 23.9. The first kappa shape index (κ1) is 23.9. The maximum Gasteiger partial charge on any atom is -1.00 e. The van der Waals surface area contributed by atoms with Crippen LogP contribution in [0.15, 0.2) is 48.6 Å². The molecule has 0 nitrogen and oxygen atoms in total. The van der Waals surface area contributed by atoms with Crippen LogP contribution in [0, 0.1) is 13.8 Å². The van der Waals surface area contributed by atoms with Gasteiger partial charge in [0.05, 0.1) is 0 Å². The van der Waals surface area contributed by atoms with Crippen molar-refractivity contribution in [3.05, 3.63) is 81.9 Å². The Balaban J connectivity index is 0.00000140. The quantitative estimate of drug-likeness (QED) is 0.529. The van der Waals surface area contributed by atoms with Crippen LogP contribution in [0.4, 0.5) is 0 Å². The Hall–Kier alpha value is -0.400. The van der Waals surface area contributed by atoms with Gasteiger partial charge in [0.15, 0.2) is 0 Å². The Morgan fingerprint density at radius 3 is 1.43 bits per heavy atom. The maximum atomic E-state index is 2.64. The minimum absolute atomic E-state index is 0. The van der Waals surface area contributed by atoms with Gasteiger partial charge in [-0.05, 0) is 0 Å². The van der Waals surface area contributed by atoms with Crippen molar-refractivity contribution in [2.75, 3.05) is 0 Å². The molecule has 0 radical (unpaired) electrons. The zero-order chi connectivity index (χ0) is 18.6. The Morgan fingerprint density at radius 2 is 1.07 bits per heavy atom. The maximum absolute atomic E-state index is 2.64. The molecule has 28 heavy (non-hydrogen) atoms. The molecule has 0 saturated heterocycles. The van der Waals surface area contributed by atoms with Crippen LogP contribution in [-0.2, 0) is 20.4 Å². The van der Waals surface area contributed by atoms with Gasteiger partial charge in [-0.3, -0.25) is 0 Å². The molecule has 0 bridgehead atoms. The van der Waals surface area contributed by atoms with Gasteiger partial charge in [0.25, 0.3) is 0 Å². The molecule has 146 valence electrons. The molecule has 2 aromatic rings. The third kappa shape index (κ3) is 4.08. The van der Waals surface area contributed by atoms with Gasteiger partial charge >= 0.3 is 167 Å². The molecule has 0 aliphatic heterocycles. The Kier molecular flexibility index (Phi) is 7.82. The van der Waals surface area contributed by atoms with Crippen LogP contribution >= 0.6 is 0 Å². The van der Waals surface area contributed by atoms with Gasteiger partial charge in [0, 0.05) is 0 Å². The molecular formula is C24H28Cl2SiZr. The minimum atomic E-state index is -1.77. The number of hydrogen-bond donors (Lipinski definition) is 0. The van der Waals surface area contributed by atoms with E-state index in [1.165, 1.54) is 33.4 Å². The molecule has 0 fully saturated rings. The number of allylic oxidation sites excluding steroid dienone is 4. The summed E-state index contributed by atoms with van der Waals surface area (Å²) in [6, 6.07) is 14.3. The molecule has 2 aliphatic carbocycles. The molecule has 2 atom stereocenters. The number of benzene rings is 2. The van der Waals surface area contributed by atoms with Gasteiger partial charge in [-0.2, -0.15) is 0 Å². The summed E-state index contributed by atoms with van der Waals surface area (Å²) < 4.78 is 1.50. The van der Waals surface area contributed by atoms with Crippen LogP contribution in [0.5, 0.6) is 0 Å². The molecule has 4 rings (SSSR count). The van der Waals surface area contributed by atoms with Gasteiger partial charge in [-0.1, -0.05) is 0 Å². The summed E-state index contributed by atoms with van der Waals surface area (Å²) in [6.45, 7) is 14.3. The van der Waals surface area contributed by atoms with Crippen molar-refractivity contribution >= 4 is 16.6 Å². The van der Waals surface area contributed by atoms with E-state index in [-0.39, 0.29) is 30.2 Å². The van der Waals surface area contributed by atoms with E-state index in [1.54, 1.807) is 11.1 Å². The van der Waals surface area contributed by atoms with Gasteiger partial charge in [0.2, 0.25) is 0 Å². The topological polar surface area (TPSA) is 0 Å². The first-order valence-corrected chi connectivity index (χ1v) is 18.7. The van der Waals surface area contributed by atoms with Crippen LogP contribution in [-0.4, -0.2) is 5.43 Å². The van der Waals surface area contributed by atoms with Crippen LogP contribution in [0.25, 0.3) is 11.1 Å². The fraction of sp³-hybridized carbons (Fsp3) is 0.333. The summed E-state index contributed by atoms with van der Waals surface area (Å²) in [5, 5.41) is 0. The van der Waals surface area contributed by atoms with Gasteiger partial charge in [-0.15, -0.1) is 0 Å². The van der Waals surface area contributed by atoms with Crippen molar-refractivity contribution < 1.29 is 45.2 Å². The molecule has 0 heterocycles. The van der Waals surface area contributed by atoms with E-state index in [9.17, 15) is 0 Å². The Bertz CT molecular complexity index is 938. The molecule has 4 heteroatoms. The van der Waals surface area contributed by atoms with E-state index >= 15 is 0 Å². The van der Waals surface area contributed by atoms with Crippen molar-refractivity contribution in [1.82, 2.24) is 0 Å². The molecule has 2 unspecified atom stereocenters. The van der Waals surface area contributed by atoms with Crippen molar-refractivity contribution in [3.8, 4) is 0 Å². The zero-order valence-corrected chi connectivity index (χ0v) is 22.5. The normalized spacial score (nSPS) is 18.6. The average molecular weight is 507 g/mol. The van der Waals surface area contributed by atoms with Gasteiger partial charge in [0.1, 0.15) is 0 Å². The van der Waals surface area contributed by atoms with Crippen LogP contribution in [0.2, 0.25) is 13.1 Å². The zero-order valence-electron chi connectivity index (χ0n) is 17.5. The summed E-state index contributed by atoms with van der Waals surface area (Å²) in [7, 11) is 0. The van der Waals surface area contributed by atoms with Crippen molar-refractivity contribution in [2.24, 2.45) is 0 Å². The summed E-state index contributed by atoms with van der Waals surface area (Å²) >= 11 is -1.77. The van der Waals surface area contributed by atoms with E-state index in [1.807, 2.05) is 0 Å².